The molecule has 4 atom stereocenters. The summed E-state index contributed by atoms with van der Waals surface area (Å²) in [6.07, 6.45) is 2.41. The predicted molar refractivity (Wildman–Crippen MR) is 273 cm³/mol. The van der Waals surface area contributed by atoms with Crippen LogP contribution in [0.5, 0.6) is 0 Å². The number of thiazole rings is 1. The Balaban J connectivity index is 0.781. The molecular weight excluding hydrogens is 950 g/mol. The highest BCUT2D eigenvalue weighted by molar-refractivity contribution is 7.15. The van der Waals surface area contributed by atoms with E-state index in [1.165, 1.54) is 9.78 Å². The minimum atomic E-state index is -0.954. The molecule has 374 valence electrons. The van der Waals surface area contributed by atoms with Gasteiger partial charge in [-0.3, -0.25) is 28.7 Å². The molecule has 7 rings (SSSR count). The van der Waals surface area contributed by atoms with Crippen LogP contribution in [0.25, 0.3) is 15.4 Å². The van der Waals surface area contributed by atoms with Gasteiger partial charge in [0.05, 0.1) is 34.3 Å². The Morgan fingerprint density at radius 1 is 0.886 bits per heavy atom. The van der Waals surface area contributed by atoms with Crippen LogP contribution in [0.15, 0.2) is 59.0 Å². The van der Waals surface area contributed by atoms with Crippen molar-refractivity contribution in [3.05, 3.63) is 104 Å². The Morgan fingerprint density at radius 3 is 2.31 bits per heavy atom. The minimum Gasteiger partial charge on any atom is -0.391 e. The first-order valence-corrected chi connectivity index (χ1v) is 25.9. The van der Waals surface area contributed by atoms with E-state index in [9.17, 15) is 24.3 Å². The molecule has 2 aliphatic rings. The predicted octanol–water partition coefficient (Wildman–Crippen LogP) is 7.14. The van der Waals surface area contributed by atoms with Crippen LogP contribution in [0, 0.1) is 33.1 Å². The Bertz CT molecular complexity index is 2660. The number of likely N-dealkylation sites (tertiary alicyclic amines) is 1. The highest BCUT2D eigenvalue weighted by Crippen LogP contribution is 2.40. The van der Waals surface area contributed by atoms with Crippen molar-refractivity contribution in [2.24, 2.45) is 10.4 Å². The zero-order valence-corrected chi connectivity index (χ0v) is 43.4. The number of hydrogen-bond acceptors (Lipinski definition) is 13. The summed E-state index contributed by atoms with van der Waals surface area (Å²) < 4.78 is 13.5. The van der Waals surface area contributed by atoms with Gasteiger partial charge in [-0.15, -0.1) is 32.9 Å². The zero-order chi connectivity index (χ0) is 50.1. The van der Waals surface area contributed by atoms with Gasteiger partial charge in [-0.1, -0.05) is 68.8 Å². The number of thiophene rings is 1. The van der Waals surface area contributed by atoms with Gasteiger partial charge in [0, 0.05) is 66.9 Å². The molecule has 3 aromatic heterocycles. The van der Waals surface area contributed by atoms with Crippen LogP contribution in [0.3, 0.4) is 0 Å². The van der Waals surface area contributed by atoms with E-state index >= 15 is 0 Å². The monoisotopic (exact) mass is 1010 g/mol. The van der Waals surface area contributed by atoms with Crippen LogP contribution in [0.4, 0.5) is 0 Å². The highest BCUT2D eigenvalue weighted by atomic mass is 35.5. The average Bonchev–Trinajstić information content (AvgIpc) is 4.09. The van der Waals surface area contributed by atoms with Crippen molar-refractivity contribution < 1.29 is 33.8 Å². The molecule has 2 aromatic carbocycles. The zero-order valence-electron chi connectivity index (χ0n) is 41.0. The maximum Gasteiger partial charge on any atom is 0.246 e. The largest absolute Gasteiger partial charge is 0.391 e. The number of halogens is 1. The Morgan fingerprint density at radius 2 is 1.60 bits per heavy atom. The number of aliphatic imine (C=N–C) groups is 1. The van der Waals surface area contributed by atoms with Gasteiger partial charge < -0.3 is 35.4 Å². The molecule has 5 aromatic rings. The van der Waals surface area contributed by atoms with E-state index in [2.05, 4.69) is 45.0 Å². The molecule has 4 N–H and O–H groups in total. The summed E-state index contributed by atoms with van der Waals surface area (Å²) in [4.78, 5) is 67.0. The average molecular weight is 1010 g/mol. The van der Waals surface area contributed by atoms with Crippen molar-refractivity contribution in [2.45, 2.75) is 118 Å². The van der Waals surface area contributed by atoms with Crippen LogP contribution in [-0.2, 0) is 35.2 Å². The molecule has 2 unspecified atom stereocenters. The number of aliphatic hydroxyl groups is 1. The summed E-state index contributed by atoms with van der Waals surface area (Å²) in [7, 11) is 0. The summed E-state index contributed by atoms with van der Waals surface area (Å²) in [5, 5.41) is 29.9. The molecular formula is C51H64ClN9O7S2. The second-order valence-electron chi connectivity index (χ2n) is 19.0. The van der Waals surface area contributed by atoms with Crippen LogP contribution in [-0.4, -0.2) is 117 Å². The molecule has 0 bridgehead atoms. The third kappa shape index (κ3) is 12.9. The first-order valence-electron chi connectivity index (χ1n) is 23.8. The van der Waals surface area contributed by atoms with Crippen LogP contribution in [0.1, 0.15) is 110 Å². The number of aliphatic hydroxyl groups excluding tert-OH is 1. The molecule has 2 aliphatic heterocycles. The van der Waals surface area contributed by atoms with Crippen LogP contribution >= 0.6 is 34.3 Å². The Kier molecular flexibility index (Phi) is 17.8. The maximum atomic E-state index is 14.0. The summed E-state index contributed by atoms with van der Waals surface area (Å²) >= 11 is 9.49. The summed E-state index contributed by atoms with van der Waals surface area (Å²) in [5.74, 6) is 0.00978. The number of unbranched alkanes of at least 4 members (excludes halogenated alkanes) is 2. The molecule has 0 radical (unpaired) electrons. The maximum absolute atomic E-state index is 14.0. The van der Waals surface area contributed by atoms with E-state index in [1.54, 1.807) is 22.7 Å². The molecule has 19 heteroatoms. The smallest absolute Gasteiger partial charge is 0.246 e. The second-order valence-corrected chi connectivity index (χ2v) is 21.5. The molecule has 70 heavy (non-hydrogen) atoms. The van der Waals surface area contributed by atoms with Crippen molar-refractivity contribution >= 4 is 63.6 Å². The lowest BCUT2D eigenvalue weighted by Crippen LogP contribution is -2.58. The molecule has 16 nitrogen and oxygen atoms in total. The first kappa shape index (κ1) is 52.5. The molecule has 0 saturated carbocycles. The summed E-state index contributed by atoms with van der Waals surface area (Å²) in [5.41, 5.74) is 7.91. The summed E-state index contributed by atoms with van der Waals surface area (Å²) in [6, 6.07) is 13.1. The number of benzene rings is 2. The number of carbonyl (C=O) groups excluding carboxylic acids is 4. The van der Waals surface area contributed by atoms with Crippen molar-refractivity contribution in [2.75, 3.05) is 39.5 Å². The molecule has 5 heterocycles. The van der Waals surface area contributed by atoms with E-state index in [1.807, 2.05) is 93.2 Å². The Hall–Kier alpha value is -5.37. The fourth-order valence-electron chi connectivity index (χ4n) is 8.63. The fraction of sp³-hybridized carbons (Fsp3) is 0.490. The van der Waals surface area contributed by atoms with E-state index < -0.39 is 41.5 Å². The first-order chi connectivity index (χ1) is 33.5. The van der Waals surface area contributed by atoms with Crippen molar-refractivity contribution in [1.82, 2.24) is 40.6 Å². The number of ether oxygens (including phenoxy) is 2. The van der Waals surface area contributed by atoms with E-state index in [0.717, 1.165) is 74.2 Å². The highest BCUT2D eigenvalue weighted by Gasteiger charge is 2.44. The van der Waals surface area contributed by atoms with Gasteiger partial charge in [0.25, 0.3) is 0 Å². The lowest BCUT2D eigenvalue weighted by molar-refractivity contribution is -0.144. The number of carbonyl (C=O) groups is 4. The number of fused-ring (bicyclic) bond motifs is 3. The van der Waals surface area contributed by atoms with E-state index in [-0.39, 0.29) is 51.0 Å². The number of amides is 4. The quantitative estimate of drug-likeness (QED) is 0.0548. The molecule has 4 amide bonds. The van der Waals surface area contributed by atoms with Gasteiger partial charge in [-0.2, -0.15) is 0 Å². The molecule has 0 aliphatic carbocycles. The molecule has 1 saturated heterocycles. The number of rotatable bonds is 21. The SMILES string of the molecule is Cc1ncsc1-c1ccc(CNC(=O)[C@@H]2C[C@@H](O)CN2C(=O)C(NC(=O)COCCCOCCCCCNC(=O)CC2N=C(c3ccc(Cl)cc3)c3c(sc(C)c3C)-n3c(C)nnc32)C(C)(C)C)cc1. The third-order valence-corrected chi connectivity index (χ3v) is 15.0. The molecule has 0 spiro atoms. The van der Waals surface area contributed by atoms with Crippen molar-refractivity contribution in [3.8, 4) is 15.4 Å². The third-order valence-electron chi connectivity index (χ3n) is 12.5. The van der Waals surface area contributed by atoms with E-state index in [0.29, 0.717) is 37.0 Å². The number of aryl methyl sites for hydroxylation is 3. The fourth-order valence-corrected chi connectivity index (χ4v) is 10.8. The minimum absolute atomic E-state index is 0.0116. The lowest BCUT2D eigenvalue weighted by atomic mass is 9.85. The van der Waals surface area contributed by atoms with Gasteiger partial charge in [0.1, 0.15) is 35.6 Å². The van der Waals surface area contributed by atoms with Crippen LogP contribution < -0.4 is 16.0 Å². The number of nitrogens with one attached hydrogen (secondary N) is 3. The number of aromatic nitrogens is 4. The Labute approximate surface area is 422 Å². The van der Waals surface area contributed by atoms with Crippen molar-refractivity contribution in [1.29, 1.82) is 0 Å². The lowest BCUT2D eigenvalue weighted by Gasteiger charge is -2.35. The summed E-state index contributed by atoms with van der Waals surface area (Å²) in [6.45, 7) is 15.4. The number of β-amino-alcohol motifs (C(OH)–C–C–N with tert-alkyl or cyclic N) is 1. The standard InChI is InChI=1S/C51H64ClN9O7S2/c1-30-32(3)70-50-43(30)44(35-16-18-37(52)19-17-35)56-39(47-59-58-33(4)61(47)50)25-41(63)53-20-9-8-10-21-67-22-11-23-68-28-42(64)57-46(51(5,6)7)49(66)60-27-38(62)24-40(60)48(65)54-26-34-12-14-36(15-13-34)45-31(2)55-29-69-45/h12-19,29,38-40,46,62H,8-11,20-28H2,1-7H3,(H,53,63)(H,54,65)(H,57,64)/t38-,39?,40+,46?/m1/s1. The van der Waals surface area contributed by atoms with Crippen molar-refractivity contribution in [3.63, 3.8) is 0 Å². The number of nitrogens with zero attached hydrogens (tertiary/aromatic N) is 6. The van der Waals surface area contributed by atoms with Gasteiger partial charge in [0.15, 0.2) is 5.82 Å². The van der Waals surface area contributed by atoms with Gasteiger partial charge in [-0.05, 0) is 87.6 Å². The number of hydrogen-bond donors (Lipinski definition) is 4. The second kappa shape index (κ2) is 23.7. The normalized spacial score (nSPS) is 17.1. The van der Waals surface area contributed by atoms with Gasteiger partial charge in [0.2, 0.25) is 23.6 Å². The van der Waals surface area contributed by atoms with E-state index in [4.69, 9.17) is 26.1 Å². The topological polar surface area (TPSA) is 202 Å². The van der Waals surface area contributed by atoms with Gasteiger partial charge >= 0.3 is 0 Å². The van der Waals surface area contributed by atoms with Gasteiger partial charge in [-0.25, -0.2) is 4.98 Å². The van der Waals surface area contributed by atoms with Crippen LogP contribution in [0.2, 0.25) is 5.02 Å². The molecule has 1 fully saturated rings.